The Labute approximate surface area is 106 Å². The molecule has 0 aliphatic heterocycles. The van der Waals surface area contributed by atoms with Crippen LogP contribution in [0.2, 0.25) is 0 Å². The minimum absolute atomic E-state index is 0.0333. The van der Waals surface area contributed by atoms with E-state index in [1.54, 1.807) is 28.8 Å². The Kier molecular flexibility index (Phi) is 3.47. The number of rotatable bonds is 4. The van der Waals surface area contributed by atoms with E-state index in [1.807, 2.05) is 7.05 Å². The number of likely N-dealkylation sites (N-methyl/N-ethyl adjacent to an activating group) is 1. The van der Waals surface area contributed by atoms with Crippen molar-refractivity contribution >= 4 is 11.0 Å². The lowest BCUT2D eigenvalue weighted by Gasteiger charge is -2.20. The summed E-state index contributed by atoms with van der Waals surface area (Å²) in [5, 5.41) is 7.85. The molecule has 0 aliphatic carbocycles. The van der Waals surface area contributed by atoms with Gasteiger partial charge in [-0.25, -0.2) is 4.98 Å². The summed E-state index contributed by atoms with van der Waals surface area (Å²) in [4.78, 5) is 16.5. The second-order valence-corrected chi connectivity index (χ2v) is 4.85. The van der Waals surface area contributed by atoms with Crippen LogP contribution in [0.1, 0.15) is 13.8 Å². The molecule has 2 aromatic heterocycles. The van der Waals surface area contributed by atoms with Gasteiger partial charge in [-0.15, -0.1) is 0 Å². The molecule has 98 valence electrons. The van der Waals surface area contributed by atoms with Gasteiger partial charge in [0, 0.05) is 19.6 Å². The SMILES string of the molecule is CNC(Cn1cnc2c(cnn2C)c1=O)C(C)C. The highest BCUT2D eigenvalue weighted by Crippen LogP contribution is 2.06. The highest BCUT2D eigenvalue weighted by molar-refractivity contribution is 5.72. The fourth-order valence-electron chi connectivity index (χ4n) is 2.04. The van der Waals surface area contributed by atoms with Gasteiger partial charge in [0.15, 0.2) is 5.65 Å². The van der Waals surface area contributed by atoms with E-state index in [-0.39, 0.29) is 11.6 Å². The first-order valence-electron chi connectivity index (χ1n) is 6.09. The van der Waals surface area contributed by atoms with E-state index in [9.17, 15) is 4.79 Å². The van der Waals surface area contributed by atoms with Crippen LogP contribution in [0.15, 0.2) is 17.3 Å². The summed E-state index contributed by atoms with van der Waals surface area (Å²) >= 11 is 0. The van der Waals surface area contributed by atoms with E-state index < -0.39 is 0 Å². The minimum Gasteiger partial charge on any atom is -0.315 e. The highest BCUT2D eigenvalue weighted by Gasteiger charge is 2.14. The molecule has 1 N–H and O–H groups in total. The number of nitrogens with zero attached hydrogens (tertiary/aromatic N) is 4. The van der Waals surface area contributed by atoms with Crippen LogP contribution in [0.5, 0.6) is 0 Å². The van der Waals surface area contributed by atoms with Gasteiger partial charge in [0.2, 0.25) is 0 Å². The van der Waals surface area contributed by atoms with E-state index in [0.29, 0.717) is 23.5 Å². The van der Waals surface area contributed by atoms with Gasteiger partial charge in [-0.05, 0) is 13.0 Å². The van der Waals surface area contributed by atoms with E-state index >= 15 is 0 Å². The highest BCUT2D eigenvalue weighted by atomic mass is 16.1. The second kappa shape index (κ2) is 4.89. The Bertz CT molecular complexity index is 598. The fraction of sp³-hybridized carbons (Fsp3) is 0.583. The lowest BCUT2D eigenvalue weighted by atomic mass is 10.0. The van der Waals surface area contributed by atoms with Crippen LogP contribution in [0, 0.1) is 5.92 Å². The summed E-state index contributed by atoms with van der Waals surface area (Å²) in [7, 11) is 3.69. The molecule has 0 radical (unpaired) electrons. The van der Waals surface area contributed by atoms with Crippen molar-refractivity contribution in [2.24, 2.45) is 13.0 Å². The number of hydrogen-bond acceptors (Lipinski definition) is 4. The Hall–Kier alpha value is -1.69. The monoisotopic (exact) mass is 249 g/mol. The number of aryl methyl sites for hydroxylation is 1. The van der Waals surface area contributed by atoms with Crippen molar-refractivity contribution in [3.8, 4) is 0 Å². The predicted molar refractivity (Wildman–Crippen MR) is 70.5 cm³/mol. The van der Waals surface area contributed by atoms with Crippen LogP contribution in [-0.2, 0) is 13.6 Å². The lowest BCUT2D eigenvalue weighted by molar-refractivity contribution is 0.372. The van der Waals surface area contributed by atoms with Gasteiger partial charge >= 0.3 is 0 Å². The zero-order chi connectivity index (χ0) is 13.3. The molecule has 2 aromatic rings. The van der Waals surface area contributed by atoms with Gasteiger partial charge in [-0.1, -0.05) is 13.8 Å². The van der Waals surface area contributed by atoms with Crippen molar-refractivity contribution in [2.45, 2.75) is 26.4 Å². The lowest BCUT2D eigenvalue weighted by Crippen LogP contribution is -2.38. The Morgan fingerprint density at radius 3 is 2.78 bits per heavy atom. The van der Waals surface area contributed by atoms with Crippen LogP contribution in [0.25, 0.3) is 11.0 Å². The normalized spacial score (nSPS) is 13.4. The third-order valence-electron chi connectivity index (χ3n) is 3.29. The number of aromatic nitrogens is 4. The molecule has 1 unspecified atom stereocenters. The van der Waals surface area contributed by atoms with Crippen LogP contribution in [0.3, 0.4) is 0 Å². The Morgan fingerprint density at radius 2 is 2.17 bits per heavy atom. The summed E-state index contributed by atoms with van der Waals surface area (Å²) < 4.78 is 3.25. The maximum absolute atomic E-state index is 12.3. The average molecular weight is 249 g/mol. The number of hydrogen-bond donors (Lipinski definition) is 1. The van der Waals surface area contributed by atoms with Gasteiger partial charge in [0.05, 0.1) is 6.20 Å². The van der Waals surface area contributed by atoms with Gasteiger partial charge in [-0.2, -0.15) is 5.10 Å². The smallest absolute Gasteiger partial charge is 0.264 e. The molecular weight excluding hydrogens is 230 g/mol. The van der Waals surface area contributed by atoms with E-state index in [1.165, 1.54) is 0 Å². The maximum Gasteiger partial charge on any atom is 0.264 e. The summed E-state index contributed by atoms with van der Waals surface area (Å²) in [5.74, 6) is 0.450. The third kappa shape index (κ3) is 2.15. The standard InChI is InChI=1S/C12H19N5O/c1-8(2)10(13-3)6-17-7-14-11-9(12(17)18)5-15-16(11)4/h5,7-8,10,13H,6H2,1-4H3. The number of nitrogens with one attached hydrogen (secondary N) is 1. The molecule has 0 amide bonds. The first kappa shape index (κ1) is 12.8. The van der Waals surface area contributed by atoms with Crippen molar-refractivity contribution in [1.29, 1.82) is 0 Å². The Morgan fingerprint density at radius 1 is 1.44 bits per heavy atom. The molecule has 0 spiro atoms. The molecule has 18 heavy (non-hydrogen) atoms. The first-order valence-corrected chi connectivity index (χ1v) is 6.09. The summed E-state index contributed by atoms with van der Waals surface area (Å²) in [6.07, 6.45) is 3.17. The molecule has 2 rings (SSSR count). The van der Waals surface area contributed by atoms with Crippen LogP contribution in [-0.4, -0.2) is 32.4 Å². The van der Waals surface area contributed by atoms with Crippen LogP contribution >= 0.6 is 0 Å². The summed E-state index contributed by atoms with van der Waals surface area (Å²) in [6, 6.07) is 0.249. The molecular formula is C12H19N5O. The maximum atomic E-state index is 12.3. The van der Waals surface area contributed by atoms with Crippen LogP contribution < -0.4 is 10.9 Å². The second-order valence-electron chi connectivity index (χ2n) is 4.85. The van der Waals surface area contributed by atoms with E-state index in [2.05, 4.69) is 29.2 Å². The van der Waals surface area contributed by atoms with Gasteiger partial charge in [0.1, 0.15) is 11.7 Å². The molecule has 0 fully saturated rings. The average Bonchev–Trinajstić information content (AvgIpc) is 2.71. The van der Waals surface area contributed by atoms with Crippen molar-refractivity contribution in [2.75, 3.05) is 7.05 Å². The van der Waals surface area contributed by atoms with Gasteiger partial charge in [-0.3, -0.25) is 14.0 Å². The topological polar surface area (TPSA) is 64.7 Å². The number of fused-ring (bicyclic) bond motifs is 1. The van der Waals surface area contributed by atoms with Crippen molar-refractivity contribution in [3.63, 3.8) is 0 Å². The summed E-state index contributed by atoms with van der Waals surface area (Å²) in [5.41, 5.74) is 0.593. The molecule has 0 aliphatic rings. The molecule has 1 atom stereocenters. The zero-order valence-corrected chi connectivity index (χ0v) is 11.2. The van der Waals surface area contributed by atoms with Crippen LogP contribution in [0.4, 0.5) is 0 Å². The first-order chi connectivity index (χ1) is 8.54. The quantitative estimate of drug-likeness (QED) is 0.850. The molecule has 0 saturated heterocycles. The molecule has 0 saturated carbocycles. The zero-order valence-electron chi connectivity index (χ0n) is 11.2. The van der Waals surface area contributed by atoms with Crippen molar-refractivity contribution in [3.05, 3.63) is 22.9 Å². The fourth-order valence-corrected chi connectivity index (χ4v) is 2.04. The molecule has 6 nitrogen and oxygen atoms in total. The van der Waals surface area contributed by atoms with E-state index in [0.717, 1.165) is 0 Å². The molecule has 6 heteroatoms. The summed E-state index contributed by atoms with van der Waals surface area (Å²) in [6.45, 7) is 4.87. The largest absolute Gasteiger partial charge is 0.315 e. The molecule has 0 bridgehead atoms. The third-order valence-corrected chi connectivity index (χ3v) is 3.29. The Balaban J connectivity index is 2.40. The van der Waals surface area contributed by atoms with Gasteiger partial charge in [0.25, 0.3) is 5.56 Å². The van der Waals surface area contributed by atoms with Crippen molar-refractivity contribution in [1.82, 2.24) is 24.6 Å². The van der Waals surface area contributed by atoms with Crippen molar-refractivity contribution < 1.29 is 0 Å². The molecule has 0 aromatic carbocycles. The van der Waals surface area contributed by atoms with E-state index in [4.69, 9.17) is 0 Å². The predicted octanol–water partition coefficient (Wildman–Crippen LogP) is 0.374. The molecule has 2 heterocycles. The van der Waals surface area contributed by atoms with Gasteiger partial charge < -0.3 is 5.32 Å². The minimum atomic E-state index is -0.0333.